The van der Waals surface area contributed by atoms with E-state index in [0.717, 1.165) is 11.8 Å². The standard InChI is InChI=1S/C15H26O/c1-10-8-13(2,3)12-9-14(4)7-6-11(12)15(10,5)16-14/h10-12H,6-9H2,1-5H3/t10-,11+,12+,14-,15-/m0/s1. The molecule has 4 bridgehead atoms. The molecular weight excluding hydrogens is 196 g/mol. The molecule has 0 unspecified atom stereocenters. The van der Waals surface area contributed by atoms with E-state index in [2.05, 4.69) is 34.6 Å². The number of hydrogen-bond acceptors (Lipinski definition) is 1. The summed E-state index contributed by atoms with van der Waals surface area (Å²) in [6, 6.07) is 0. The van der Waals surface area contributed by atoms with Crippen LogP contribution in [0.5, 0.6) is 0 Å². The maximum atomic E-state index is 6.54. The van der Waals surface area contributed by atoms with Gasteiger partial charge in [-0.25, -0.2) is 0 Å². The molecular formula is C15H26O. The molecule has 2 heterocycles. The third-order valence-electron chi connectivity index (χ3n) is 6.14. The van der Waals surface area contributed by atoms with Gasteiger partial charge in [-0.1, -0.05) is 20.8 Å². The number of ether oxygens (including phenoxy) is 1. The van der Waals surface area contributed by atoms with E-state index < -0.39 is 0 Å². The molecule has 5 atom stereocenters. The first-order chi connectivity index (χ1) is 7.27. The fraction of sp³-hybridized carbons (Fsp3) is 1.00. The first-order valence-corrected chi connectivity index (χ1v) is 6.97. The van der Waals surface area contributed by atoms with Gasteiger partial charge in [-0.2, -0.15) is 0 Å². The molecule has 0 aromatic heterocycles. The Bertz CT molecular complexity index is 321. The molecule has 16 heavy (non-hydrogen) atoms. The molecule has 0 N–H and O–H groups in total. The summed E-state index contributed by atoms with van der Waals surface area (Å²) in [5.74, 6) is 2.41. The Hall–Kier alpha value is -0.0400. The van der Waals surface area contributed by atoms with Gasteiger partial charge in [0.25, 0.3) is 0 Å². The van der Waals surface area contributed by atoms with Gasteiger partial charge >= 0.3 is 0 Å². The first-order valence-electron chi connectivity index (χ1n) is 6.97. The molecule has 0 amide bonds. The zero-order valence-electron chi connectivity index (χ0n) is 11.5. The Morgan fingerprint density at radius 2 is 1.69 bits per heavy atom. The normalized spacial score (nSPS) is 58.7. The summed E-state index contributed by atoms with van der Waals surface area (Å²) in [5.41, 5.74) is 0.876. The number of fused-ring (bicyclic) bond motifs is 1. The van der Waals surface area contributed by atoms with Gasteiger partial charge in [0.2, 0.25) is 0 Å². The molecule has 2 saturated heterocycles. The Morgan fingerprint density at radius 3 is 2.31 bits per heavy atom. The maximum Gasteiger partial charge on any atom is 0.0718 e. The lowest BCUT2D eigenvalue weighted by molar-refractivity contribution is -0.312. The quantitative estimate of drug-likeness (QED) is 0.601. The van der Waals surface area contributed by atoms with E-state index in [9.17, 15) is 0 Å². The van der Waals surface area contributed by atoms with E-state index >= 15 is 0 Å². The highest BCUT2D eigenvalue weighted by Gasteiger charge is 2.63. The van der Waals surface area contributed by atoms with Gasteiger partial charge < -0.3 is 4.74 Å². The van der Waals surface area contributed by atoms with Crippen LogP contribution in [0.15, 0.2) is 0 Å². The largest absolute Gasteiger partial charge is 0.369 e. The van der Waals surface area contributed by atoms with Crippen LogP contribution in [0.3, 0.4) is 0 Å². The zero-order chi connectivity index (χ0) is 11.8. The second-order valence-electron chi connectivity index (χ2n) is 7.79. The molecule has 4 rings (SSSR count). The van der Waals surface area contributed by atoms with Crippen LogP contribution >= 0.6 is 0 Å². The maximum absolute atomic E-state index is 6.54. The van der Waals surface area contributed by atoms with Crippen LogP contribution in [0.2, 0.25) is 0 Å². The van der Waals surface area contributed by atoms with E-state index in [-0.39, 0.29) is 11.2 Å². The monoisotopic (exact) mass is 222 g/mol. The minimum absolute atomic E-state index is 0.172. The van der Waals surface area contributed by atoms with Crippen molar-refractivity contribution in [2.75, 3.05) is 0 Å². The summed E-state index contributed by atoms with van der Waals surface area (Å²) in [7, 11) is 0. The van der Waals surface area contributed by atoms with Crippen LogP contribution in [0.25, 0.3) is 0 Å². The van der Waals surface area contributed by atoms with Crippen molar-refractivity contribution in [3.05, 3.63) is 0 Å². The van der Waals surface area contributed by atoms with E-state index in [4.69, 9.17) is 4.74 Å². The van der Waals surface area contributed by atoms with Gasteiger partial charge in [-0.15, -0.1) is 0 Å². The van der Waals surface area contributed by atoms with E-state index in [0.29, 0.717) is 11.3 Å². The third kappa shape index (κ3) is 1.21. The Kier molecular flexibility index (Phi) is 1.98. The molecule has 2 aliphatic heterocycles. The molecule has 1 heteroatoms. The van der Waals surface area contributed by atoms with Gasteiger partial charge in [-0.05, 0) is 62.7 Å². The minimum Gasteiger partial charge on any atom is -0.369 e. The summed E-state index contributed by atoms with van der Waals surface area (Å²) in [6.45, 7) is 12.1. The lowest BCUT2D eigenvalue weighted by Gasteiger charge is -2.67. The van der Waals surface area contributed by atoms with Crippen molar-refractivity contribution in [3.63, 3.8) is 0 Å². The van der Waals surface area contributed by atoms with Gasteiger partial charge in [-0.3, -0.25) is 0 Å². The fourth-order valence-corrected chi connectivity index (χ4v) is 5.19. The fourth-order valence-electron chi connectivity index (χ4n) is 5.19. The highest BCUT2D eigenvalue weighted by Crippen LogP contribution is 2.64. The van der Waals surface area contributed by atoms with Crippen molar-refractivity contribution in [1.82, 2.24) is 0 Å². The average molecular weight is 222 g/mol. The van der Waals surface area contributed by atoms with Crippen molar-refractivity contribution >= 4 is 0 Å². The Balaban J connectivity index is 2.06. The molecule has 4 fully saturated rings. The molecule has 1 nitrogen and oxygen atoms in total. The molecule has 0 aromatic carbocycles. The topological polar surface area (TPSA) is 9.23 Å². The second-order valence-corrected chi connectivity index (χ2v) is 7.79. The van der Waals surface area contributed by atoms with Crippen molar-refractivity contribution in [2.24, 2.45) is 23.2 Å². The van der Waals surface area contributed by atoms with Crippen LogP contribution < -0.4 is 0 Å². The minimum atomic E-state index is 0.172. The summed E-state index contributed by atoms with van der Waals surface area (Å²) in [6.07, 6.45) is 5.31. The Morgan fingerprint density at radius 1 is 1.00 bits per heavy atom. The van der Waals surface area contributed by atoms with Crippen LogP contribution in [0, 0.1) is 23.2 Å². The van der Waals surface area contributed by atoms with Crippen molar-refractivity contribution in [1.29, 1.82) is 0 Å². The summed E-state index contributed by atoms with van der Waals surface area (Å²) >= 11 is 0. The van der Waals surface area contributed by atoms with Crippen LogP contribution in [-0.2, 0) is 4.74 Å². The first kappa shape index (κ1) is 11.1. The van der Waals surface area contributed by atoms with Crippen molar-refractivity contribution in [2.45, 2.75) is 71.5 Å². The molecule has 0 radical (unpaired) electrons. The summed E-state index contributed by atoms with van der Waals surface area (Å²) in [4.78, 5) is 0. The molecule has 2 saturated carbocycles. The van der Waals surface area contributed by atoms with E-state index in [1.54, 1.807) is 0 Å². The summed E-state index contributed by atoms with van der Waals surface area (Å²) < 4.78 is 6.54. The van der Waals surface area contributed by atoms with Crippen LogP contribution in [-0.4, -0.2) is 11.2 Å². The average Bonchev–Trinajstić information content (AvgIpc) is 2.14. The summed E-state index contributed by atoms with van der Waals surface area (Å²) in [5, 5.41) is 0. The van der Waals surface area contributed by atoms with Crippen molar-refractivity contribution in [3.8, 4) is 0 Å². The number of hydrogen-bond donors (Lipinski definition) is 0. The Labute approximate surface area is 99.9 Å². The third-order valence-corrected chi connectivity index (χ3v) is 6.14. The van der Waals surface area contributed by atoms with Crippen molar-refractivity contribution < 1.29 is 4.74 Å². The second kappa shape index (κ2) is 2.85. The SMILES string of the molecule is C[C@H]1CC(C)(C)[C@@H]2C[C@]3(C)CC[C@H]2[C@@]1(C)O3. The predicted octanol–water partition coefficient (Wildman–Crippen LogP) is 4.02. The van der Waals surface area contributed by atoms with Crippen LogP contribution in [0.1, 0.15) is 60.3 Å². The lowest BCUT2D eigenvalue weighted by Crippen LogP contribution is -2.67. The van der Waals surface area contributed by atoms with Gasteiger partial charge in [0, 0.05) is 0 Å². The lowest BCUT2D eigenvalue weighted by atomic mass is 9.47. The van der Waals surface area contributed by atoms with Crippen LogP contribution in [0.4, 0.5) is 0 Å². The number of rotatable bonds is 0. The molecule has 0 aromatic rings. The van der Waals surface area contributed by atoms with Gasteiger partial charge in [0.15, 0.2) is 0 Å². The van der Waals surface area contributed by atoms with Gasteiger partial charge in [0.1, 0.15) is 0 Å². The zero-order valence-corrected chi connectivity index (χ0v) is 11.5. The molecule has 0 spiro atoms. The van der Waals surface area contributed by atoms with E-state index in [1.807, 2.05) is 0 Å². The predicted molar refractivity (Wildman–Crippen MR) is 66.3 cm³/mol. The van der Waals surface area contributed by atoms with E-state index in [1.165, 1.54) is 25.7 Å². The molecule has 92 valence electrons. The molecule has 4 aliphatic rings. The van der Waals surface area contributed by atoms with Gasteiger partial charge in [0.05, 0.1) is 11.2 Å². The highest BCUT2D eigenvalue weighted by molar-refractivity contribution is 5.12. The smallest absolute Gasteiger partial charge is 0.0718 e. The highest BCUT2D eigenvalue weighted by atomic mass is 16.5. The molecule has 2 aliphatic carbocycles.